The lowest BCUT2D eigenvalue weighted by Crippen LogP contribution is -2.13. The van der Waals surface area contributed by atoms with Gasteiger partial charge >= 0.3 is 5.97 Å². The number of fused-ring (bicyclic) bond motifs is 1. The summed E-state index contributed by atoms with van der Waals surface area (Å²) in [5.41, 5.74) is 2.56. The predicted octanol–water partition coefficient (Wildman–Crippen LogP) is 2.02. The highest BCUT2D eigenvalue weighted by molar-refractivity contribution is 7.94. The molecule has 0 aliphatic carbocycles. The second kappa shape index (κ2) is 4.24. The number of sulfone groups is 1. The SMILES string of the molecule is COC(=O)c1cc2c(cc1C)CC(C)=CS2(=O)=O. The largest absolute Gasteiger partial charge is 0.465 e. The molecule has 1 aliphatic rings. The van der Waals surface area contributed by atoms with Gasteiger partial charge in [-0.25, -0.2) is 13.2 Å². The van der Waals surface area contributed by atoms with Crippen LogP contribution in [0.5, 0.6) is 0 Å². The first-order chi connectivity index (χ1) is 8.35. The van der Waals surface area contributed by atoms with Crippen LogP contribution in [0.2, 0.25) is 0 Å². The van der Waals surface area contributed by atoms with Gasteiger partial charge in [-0.2, -0.15) is 0 Å². The van der Waals surface area contributed by atoms with Crippen molar-refractivity contribution < 1.29 is 17.9 Å². The van der Waals surface area contributed by atoms with Crippen molar-refractivity contribution in [2.45, 2.75) is 25.2 Å². The highest BCUT2D eigenvalue weighted by Gasteiger charge is 2.24. The molecule has 0 aromatic heterocycles. The molecule has 0 N–H and O–H groups in total. The van der Waals surface area contributed by atoms with Crippen molar-refractivity contribution in [3.05, 3.63) is 39.8 Å². The van der Waals surface area contributed by atoms with Crippen LogP contribution < -0.4 is 0 Å². The second-order valence-electron chi connectivity index (χ2n) is 4.45. The molecule has 1 heterocycles. The maximum Gasteiger partial charge on any atom is 0.338 e. The fourth-order valence-electron chi connectivity index (χ4n) is 2.15. The van der Waals surface area contributed by atoms with E-state index >= 15 is 0 Å². The highest BCUT2D eigenvalue weighted by Crippen LogP contribution is 2.30. The van der Waals surface area contributed by atoms with E-state index in [0.29, 0.717) is 12.0 Å². The molecule has 0 unspecified atom stereocenters. The number of hydrogen-bond acceptors (Lipinski definition) is 4. The fourth-order valence-corrected chi connectivity index (χ4v) is 3.67. The summed E-state index contributed by atoms with van der Waals surface area (Å²) in [7, 11) is -2.16. The van der Waals surface area contributed by atoms with Crippen LogP contribution in [0.15, 0.2) is 28.0 Å². The van der Waals surface area contributed by atoms with Gasteiger partial charge in [-0.05, 0) is 37.5 Å². The van der Waals surface area contributed by atoms with E-state index in [2.05, 4.69) is 4.74 Å². The van der Waals surface area contributed by atoms with Crippen LogP contribution in [0.1, 0.15) is 28.4 Å². The van der Waals surface area contributed by atoms with Crippen molar-refractivity contribution >= 4 is 15.8 Å². The zero-order chi connectivity index (χ0) is 13.5. The lowest BCUT2D eigenvalue weighted by molar-refractivity contribution is 0.0599. The third-order valence-corrected chi connectivity index (χ3v) is 4.65. The van der Waals surface area contributed by atoms with E-state index in [9.17, 15) is 13.2 Å². The van der Waals surface area contributed by atoms with Crippen LogP contribution in [0.4, 0.5) is 0 Å². The summed E-state index contributed by atoms with van der Waals surface area (Å²) in [6, 6.07) is 3.16. The molecular formula is C13H14O4S. The van der Waals surface area contributed by atoms with Crippen LogP contribution in [0, 0.1) is 6.92 Å². The fraction of sp³-hybridized carbons (Fsp3) is 0.308. The first-order valence-corrected chi connectivity index (χ1v) is 7.04. The summed E-state index contributed by atoms with van der Waals surface area (Å²) in [5.74, 6) is -0.517. The van der Waals surface area contributed by atoms with Gasteiger partial charge in [0.2, 0.25) is 0 Å². The summed E-state index contributed by atoms with van der Waals surface area (Å²) < 4.78 is 28.7. The lowest BCUT2D eigenvalue weighted by Gasteiger charge is -2.17. The number of carbonyl (C=O) groups excluding carboxylic acids is 1. The molecule has 1 aliphatic heterocycles. The normalized spacial score (nSPS) is 16.7. The monoisotopic (exact) mass is 266 g/mol. The molecular weight excluding hydrogens is 252 g/mol. The number of carbonyl (C=O) groups is 1. The molecule has 1 aromatic rings. The Kier molecular flexibility index (Phi) is 3.02. The third-order valence-electron chi connectivity index (χ3n) is 2.94. The number of allylic oxidation sites excluding steroid dienone is 1. The van der Waals surface area contributed by atoms with Crippen LogP contribution in [0.25, 0.3) is 0 Å². The van der Waals surface area contributed by atoms with E-state index in [1.165, 1.54) is 18.6 Å². The van der Waals surface area contributed by atoms with Crippen LogP contribution in [-0.4, -0.2) is 21.5 Å². The average molecular weight is 266 g/mol. The minimum atomic E-state index is -3.44. The van der Waals surface area contributed by atoms with Crippen molar-refractivity contribution in [3.63, 3.8) is 0 Å². The van der Waals surface area contributed by atoms with E-state index in [-0.39, 0.29) is 4.90 Å². The Labute approximate surface area is 106 Å². The summed E-state index contributed by atoms with van der Waals surface area (Å²) in [4.78, 5) is 11.8. The van der Waals surface area contributed by atoms with E-state index < -0.39 is 15.8 Å². The predicted molar refractivity (Wildman–Crippen MR) is 67.2 cm³/mol. The standard InChI is InChI=1S/C13H14O4S/c1-8-4-10-5-9(2)11(13(14)17-3)6-12(10)18(15,16)7-8/h5-7H,4H2,1-3H3. The number of hydrogen-bond donors (Lipinski definition) is 0. The highest BCUT2D eigenvalue weighted by atomic mass is 32.2. The Bertz CT molecular complexity index is 654. The Hall–Kier alpha value is -1.62. The number of aryl methyl sites for hydroxylation is 1. The van der Waals surface area contributed by atoms with Crippen molar-refractivity contribution in [2.75, 3.05) is 7.11 Å². The third kappa shape index (κ3) is 2.06. The number of methoxy groups -OCH3 is 1. The van der Waals surface area contributed by atoms with E-state index in [1.54, 1.807) is 19.9 Å². The molecule has 0 atom stereocenters. The molecule has 96 valence electrons. The molecule has 5 heteroatoms. The van der Waals surface area contributed by atoms with Gasteiger partial charge in [-0.15, -0.1) is 0 Å². The number of benzene rings is 1. The van der Waals surface area contributed by atoms with Crippen LogP contribution in [0.3, 0.4) is 0 Å². The summed E-state index contributed by atoms with van der Waals surface area (Å²) >= 11 is 0. The quantitative estimate of drug-likeness (QED) is 0.730. The zero-order valence-electron chi connectivity index (χ0n) is 10.5. The molecule has 4 nitrogen and oxygen atoms in total. The molecule has 0 radical (unpaired) electrons. The van der Waals surface area contributed by atoms with E-state index in [1.807, 2.05) is 0 Å². The average Bonchev–Trinajstić information content (AvgIpc) is 2.25. The number of rotatable bonds is 1. The lowest BCUT2D eigenvalue weighted by atomic mass is 10.0. The van der Waals surface area contributed by atoms with Gasteiger partial charge in [0.25, 0.3) is 0 Å². The van der Waals surface area contributed by atoms with Crippen molar-refractivity contribution in [3.8, 4) is 0 Å². The molecule has 0 saturated heterocycles. The van der Waals surface area contributed by atoms with Gasteiger partial charge in [0, 0.05) is 5.41 Å². The Morgan fingerprint density at radius 2 is 1.94 bits per heavy atom. The molecule has 0 spiro atoms. The summed E-state index contributed by atoms with van der Waals surface area (Å²) in [5, 5.41) is 1.26. The van der Waals surface area contributed by atoms with Gasteiger partial charge in [-0.1, -0.05) is 11.6 Å². The second-order valence-corrected chi connectivity index (χ2v) is 6.22. The molecule has 0 bridgehead atoms. The van der Waals surface area contributed by atoms with Gasteiger partial charge in [-0.3, -0.25) is 0 Å². The summed E-state index contributed by atoms with van der Waals surface area (Å²) in [6.07, 6.45) is 0.594. The maximum atomic E-state index is 12.0. The first kappa shape index (κ1) is 12.8. The van der Waals surface area contributed by atoms with Crippen molar-refractivity contribution in [1.82, 2.24) is 0 Å². The number of ether oxygens (including phenoxy) is 1. The molecule has 18 heavy (non-hydrogen) atoms. The van der Waals surface area contributed by atoms with Gasteiger partial charge < -0.3 is 4.74 Å². The number of esters is 1. The van der Waals surface area contributed by atoms with E-state index in [0.717, 1.165) is 16.7 Å². The Morgan fingerprint density at radius 1 is 1.28 bits per heavy atom. The molecule has 0 fully saturated rings. The minimum Gasteiger partial charge on any atom is -0.465 e. The van der Waals surface area contributed by atoms with Crippen molar-refractivity contribution in [2.24, 2.45) is 0 Å². The van der Waals surface area contributed by atoms with Crippen LogP contribution >= 0.6 is 0 Å². The first-order valence-electron chi connectivity index (χ1n) is 5.49. The molecule has 0 amide bonds. The topological polar surface area (TPSA) is 60.4 Å². The van der Waals surface area contributed by atoms with E-state index in [4.69, 9.17) is 0 Å². The van der Waals surface area contributed by atoms with Crippen LogP contribution in [-0.2, 0) is 21.0 Å². The van der Waals surface area contributed by atoms with Gasteiger partial charge in [0.15, 0.2) is 9.84 Å². The van der Waals surface area contributed by atoms with Gasteiger partial charge in [0.1, 0.15) is 0 Å². The van der Waals surface area contributed by atoms with Gasteiger partial charge in [0.05, 0.1) is 17.6 Å². The molecule has 1 aromatic carbocycles. The Balaban J connectivity index is 2.69. The molecule has 0 saturated carbocycles. The van der Waals surface area contributed by atoms with Crippen molar-refractivity contribution in [1.29, 1.82) is 0 Å². The Morgan fingerprint density at radius 3 is 2.56 bits per heavy atom. The molecule has 2 rings (SSSR count). The maximum absolute atomic E-state index is 12.0. The minimum absolute atomic E-state index is 0.208. The summed E-state index contributed by atoms with van der Waals surface area (Å²) in [6.45, 7) is 3.55. The smallest absolute Gasteiger partial charge is 0.338 e. The zero-order valence-corrected chi connectivity index (χ0v) is 11.3.